The van der Waals surface area contributed by atoms with Crippen molar-refractivity contribution in [3.05, 3.63) is 52.4 Å². The second-order valence-corrected chi connectivity index (χ2v) is 6.49. The number of hydrogen-bond donors (Lipinski definition) is 1. The number of nitrogens with zero attached hydrogens (tertiary/aromatic N) is 2. The monoisotopic (exact) mass is 387 g/mol. The average molecular weight is 387 g/mol. The number of rotatable bonds is 7. The fraction of sp³-hybridized carbons (Fsp3) is 0.400. The van der Waals surface area contributed by atoms with Crippen LogP contribution in [0.2, 0.25) is 0 Å². The number of aromatic nitrogens is 1. The van der Waals surface area contributed by atoms with Gasteiger partial charge in [-0.2, -0.15) is 0 Å². The summed E-state index contributed by atoms with van der Waals surface area (Å²) in [5.74, 6) is 0.665. The van der Waals surface area contributed by atoms with E-state index in [0.717, 1.165) is 18.8 Å². The molecule has 1 fully saturated rings. The minimum atomic E-state index is -0.206. The molecule has 8 nitrogen and oxygen atoms in total. The first kappa shape index (κ1) is 19.9. The van der Waals surface area contributed by atoms with Crippen molar-refractivity contribution in [3.63, 3.8) is 0 Å². The summed E-state index contributed by atoms with van der Waals surface area (Å²) in [5, 5.41) is 2.86. The first-order chi connectivity index (χ1) is 13.6. The fourth-order valence-corrected chi connectivity index (χ4v) is 3.07. The topological polar surface area (TPSA) is 82.0 Å². The third kappa shape index (κ3) is 5.11. The van der Waals surface area contributed by atoms with Crippen molar-refractivity contribution in [2.45, 2.75) is 13.1 Å². The molecular weight excluding hydrogens is 362 g/mol. The highest BCUT2D eigenvalue weighted by molar-refractivity contribution is 5.90. The van der Waals surface area contributed by atoms with Gasteiger partial charge in [0.15, 0.2) is 5.75 Å². The minimum absolute atomic E-state index is 0.0630. The zero-order valence-corrected chi connectivity index (χ0v) is 16.1. The molecule has 28 heavy (non-hydrogen) atoms. The number of amides is 1. The van der Waals surface area contributed by atoms with E-state index in [1.165, 1.54) is 13.2 Å². The van der Waals surface area contributed by atoms with E-state index in [0.29, 0.717) is 31.2 Å². The first-order valence-electron chi connectivity index (χ1n) is 9.10. The number of methoxy groups -OCH3 is 2. The van der Waals surface area contributed by atoms with Crippen molar-refractivity contribution in [2.24, 2.45) is 0 Å². The average Bonchev–Trinajstić information content (AvgIpc) is 2.70. The van der Waals surface area contributed by atoms with Crippen LogP contribution < -0.4 is 20.2 Å². The van der Waals surface area contributed by atoms with Crippen LogP contribution in [0.3, 0.4) is 0 Å². The summed E-state index contributed by atoms with van der Waals surface area (Å²) in [6, 6.07) is 8.69. The molecule has 0 aliphatic carbocycles. The summed E-state index contributed by atoms with van der Waals surface area (Å²) in [6.45, 7) is 3.53. The second-order valence-electron chi connectivity index (χ2n) is 6.49. The molecule has 1 saturated heterocycles. The zero-order chi connectivity index (χ0) is 19.9. The lowest BCUT2D eigenvalue weighted by atomic mass is 10.2. The van der Waals surface area contributed by atoms with E-state index in [1.54, 1.807) is 36.1 Å². The molecule has 2 heterocycles. The Kier molecular flexibility index (Phi) is 6.67. The van der Waals surface area contributed by atoms with Crippen molar-refractivity contribution >= 4 is 11.6 Å². The smallest absolute Gasteiger partial charge is 0.244 e. The fourth-order valence-electron chi connectivity index (χ4n) is 3.07. The SMILES string of the molecule is COc1cccc(NC(=O)Cn2cc(OC)c(=O)cc2CN2CCOCC2)c1. The van der Waals surface area contributed by atoms with Gasteiger partial charge < -0.3 is 24.1 Å². The summed E-state index contributed by atoms with van der Waals surface area (Å²) in [5.41, 5.74) is 1.20. The van der Waals surface area contributed by atoms with Crippen LogP contribution in [0.25, 0.3) is 0 Å². The zero-order valence-electron chi connectivity index (χ0n) is 16.1. The van der Waals surface area contributed by atoms with Gasteiger partial charge in [-0.1, -0.05) is 6.07 Å². The van der Waals surface area contributed by atoms with Crippen LogP contribution in [0.15, 0.2) is 41.3 Å². The van der Waals surface area contributed by atoms with E-state index >= 15 is 0 Å². The van der Waals surface area contributed by atoms with Gasteiger partial charge in [0.1, 0.15) is 12.3 Å². The lowest BCUT2D eigenvalue weighted by Crippen LogP contribution is -2.37. The number of carbonyl (C=O) groups is 1. The normalized spacial score (nSPS) is 14.5. The number of benzene rings is 1. The third-order valence-electron chi connectivity index (χ3n) is 4.56. The molecule has 0 radical (unpaired) electrons. The summed E-state index contributed by atoms with van der Waals surface area (Å²) in [4.78, 5) is 27.0. The third-order valence-corrected chi connectivity index (χ3v) is 4.56. The molecule has 3 rings (SSSR count). The predicted molar refractivity (Wildman–Crippen MR) is 105 cm³/mol. The van der Waals surface area contributed by atoms with Gasteiger partial charge in [0.2, 0.25) is 11.3 Å². The number of anilines is 1. The molecule has 1 aromatic heterocycles. The molecule has 0 atom stereocenters. The Hall–Kier alpha value is -2.84. The van der Waals surface area contributed by atoms with E-state index in [9.17, 15) is 9.59 Å². The quantitative estimate of drug-likeness (QED) is 0.772. The van der Waals surface area contributed by atoms with Crippen molar-refractivity contribution < 1.29 is 19.0 Å². The van der Waals surface area contributed by atoms with Crippen LogP contribution in [0.1, 0.15) is 5.69 Å². The molecule has 1 N–H and O–H groups in total. The van der Waals surface area contributed by atoms with Crippen LogP contribution in [-0.4, -0.2) is 55.9 Å². The molecule has 1 aliphatic heterocycles. The molecular formula is C20H25N3O5. The maximum atomic E-state index is 12.6. The lowest BCUT2D eigenvalue weighted by Gasteiger charge is -2.27. The van der Waals surface area contributed by atoms with Crippen LogP contribution in [0, 0.1) is 0 Å². The number of nitrogens with one attached hydrogen (secondary N) is 1. The van der Waals surface area contributed by atoms with Gasteiger partial charge in [0.05, 0.1) is 33.6 Å². The Morgan fingerprint density at radius 2 is 1.96 bits per heavy atom. The number of hydrogen-bond acceptors (Lipinski definition) is 6. The molecule has 1 aromatic carbocycles. The molecule has 0 unspecified atom stereocenters. The van der Waals surface area contributed by atoms with Crippen LogP contribution in [0.5, 0.6) is 11.5 Å². The maximum Gasteiger partial charge on any atom is 0.244 e. The van der Waals surface area contributed by atoms with Crippen LogP contribution in [-0.2, 0) is 22.6 Å². The summed E-state index contributed by atoms with van der Waals surface area (Å²) >= 11 is 0. The number of pyridine rings is 1. The van der Waals surface area contributed by atoms with Gasteiger partial charge in [-0.25, -0.2) is 0 Å². The highest BCUT2D eigenvalue weighted by Gasteiger charge is 2.16. The van der Waals surface area contributed by atoms with Gasteiger partial charge in [-0.05, 0) is 12.1 Å². The summed E-state index contributed by atoms with van der Waals surface area (Å²) < 4.78 is 17.5. The minimum Gasteiger partial charge on any atom is -0.497 e. The van der Waals surface area contributed by atoms with E-state index in [4.69, 9.17) is 14.2 Å². The molecule has 150 valence electrons. The Morgan fingerprint density at radius 1 is 1.18 bits per heavy atom. The summed E-state index contributed by atoms with van der Waals surface area (Å²) in [6.07, 6.45) is 1.59. The molecule has 0 saturated carbocycles. The Balaban J connectivity index is 1.78. The Bertz CT molecular complexity index is 874. The van der Waals surface area contributed by atoms with E-state index in [-0.39, 0.29) is 23.6 Å². The van der Waals surface area contributed by atoms with Crippen molar-refractivity contribution in [2.75, 3.05) is 45.8 Å². The van der Waals surface area contributed by atoms with Crippen molar-refractivity contribution in [1.29, 1.82) is 0 Å². The maximum absolute atomic E-state index is 12.6. The van der Waals surface area contributed by atoms with Gasteiger partial charge >= 0.3 is 0 Å². The van der Waals surface area contributed by atoms with Gasteiger partial charge in [0, 0.05) is 43.1 Å². The number of morpholine rings is 1. The van der Waals surface area contributed by atoms with Gasteiger partial charge in [-0.3, -0.25) is 14.5 Å². The highest BCUT2D eigenvalue weighted by atomic mass is 16.5. The van der Waals surface area contributed by atoms with Crippen molar-refractivity contribution in [3.8, 4) is 11.5 Å². The number of carbonyl (C=O) groups excluding carboxylic acids is 1. The predicted octanol–water partition coefficient (Wildman–Crippen LogP) is 1.34. The van der Waals surface area contributed by atoms with Gasteiger partial charge in [-0.15, -0.1) is 0 Å². The van der Waals surface area contributed by atoms with Crippen molar-refractivity contribution in [1.82, 2.24) is 9.47 Å². The molecule has 0 bridgehead atoms. The largest absolute Gasteiger partial charge is 0.497 e. The second kappa shape index (κ2) is 9.38. The first-order valence-corrected chi connectivity index (χ1v) is 9.10. The van der Waals surface area contributed by atoms with Crippen LogP contribution in [0.4, 0.5) is 5.69 Å². The molecule has 1 aliphatic rings. The van der Waals surface area contributed by atoms with E-state index < -0.39 is 0 Å². The molecule has 2 aromatic rings. The molecule has 1 amide bonds. The van der Waals surface area contributed by atoms with E-state index in [1.807, 2.05) is 6.07 Å². The Labute approximate surface area is 163 Å². The van der Waals surface area contributed by atoms with E-state index in [2.05, 4.69) is 10.2 Å². The Morgan fingerprint density at radius 3 is 2.68 bits per heavy atom. The molecule has 0 spiro atoms. The summed E-state index contributed by atoms with van der Waals surface area (Å²) in [7, 11) is 3.02. The molecule has 8 heteroatoms. The van der Waals surface area contributed by atoms with Gasteiger partial charge in [0.25, 0.3) is 0 Å². The standard InChI is InChI=1S/C20H25N3O5/c1-26-17-5-3-4-15(10-17)21-20(25)14-23-13-19(27-2)18(24)11-16(23)12-22-6-8-28-9-7-22/h3-5,10-11,13H,6-9,12,14H2,1-2H3,(H,21,25). The lowest BCUT2D eigenvalue weighted by molar-refractivity contribution is -0.116. The van der Waals surface area contributed by atoms with Crippen LogP contribution >= 0.6 is 0 Å². The highest BCUT2D eigenvalue weighted by Crippen LogP contribution is 2.17. The number of ether oxygens (including phenoxy) is 3.